The molecule has 7 nitrogen and oxygen atoms in total. The van der Waals surface area contributed by atoms with Crippen LogP contribution in [0, 0.1) is 0 Å². The molecule has 3 aromatic carbocycles. The lowest BCUT2D eigenvalue weighted by molar-refractivity contribution is 0.0140. The van der Waals surface area contributed by atoms with Crippen LogP contribution in [0.2, 0.25) is 0 Å². The van der Waals surface area contributed by atoms with Crippen molar-refractivity contribution in [2.24, 2.45) is 0 Å². The van der Waals surface area contributed by atoms with Crippen molar-refractivity contribution < 1.29 is 24.5 Å². The summed E-state index contributed by atoms with van der Waals surface area (Å²) in [6.07, 6.45) is -2.76. The highest BCUT2D eigenvalue weighted by atomic mass is 16.5. The van der Waals surface area contributed by atoms with Crippen LogP contribution in [-0.2, 0) is 4.74 Å². The number of benzene rings is 3. The Hall–Kier alpha value is -3.55. The molecule has 7 heteroatoms. The van der Waals surface area contributed by atoms with Gasteiger partial charge in [0.2, 0.25) is 0 Å². The van der Waals surface area contributed by atoms with Crippen LogP contribution >= 0.6 is 0 Å². The summed E-state index contributed by atoms with van der Waals surface area (Å²) in [5.74, 6) is 0.508. The minimum atomic E-state index is -1.20. The average molecular weight is 449 g/mol. The van der Waals surface area contributed by atoms with E-state index in [9.17, 15) is 15.0 Å². The summed E-state index contributed by atoms with van der Waals surface area (Å²) < 4.78 is 10.6. The topological polar surface area (TPSA) is 114 Å². The maximum atomic E-state index is 12.3. The van der Waals surface area contributed by atoms with Crippen LogP contribution < -0.4 is 15.8 Å². The van der Waals surface area contributed by atoms with E-state index in [1.807, 2.05) is 24.3 Å². The number of methoxy groups -OCH3 is 1. The quantitative estimate of drug-likeness (QED) is 0.392. The van der Waals surface area contributed by atoms with Crippen LogP contribution in [0.1, 0.15) is 35.1 Å². The van der Waals surface area contributed by atoms with Crippen molar-refractivity contribution in [1.82, 2.24) is 5.32 Å². The van der Waals surface area contributed by atoms with E-state index in [-0.39, 0.29) is 25.5 Å². The van der Waals surface area contributed by atoms with Crippen molar-refractivity contribution in [2.75, 3.05) is 26.0 Å². The van der Waals surface area contributed by atoms with Crippen LogP contribution in [0.3, 0.4) is 0 Å². The number of anilines is 1. The number of rotatable bonds is 8. The molecule has 0 radical (unpaired) electrons. The van der Waals surface area contributed by atoms with Crippen LogP contribution in [0.25, 0.3) is 11.1 Å². The number of nitrogen functional groups attached to an aromatic ring is 1. The van der Waals surface area contributed by atoms with Crippen molar-refractivity contribution in [3.8, 4) is 16.9 Å². The van der Waals surface area contributed by atoms with Crippen LogP contribution in [0.15, 0.2) is 66.7 Å². The predicted molar refractivity (Wildman–Crippen MR) is 126 cm³/mol. The van der Waals surface area contributed by atoms with Gasteiger partial charge in [0.05, 0.1) is 13.2 Å². The molecule has 2 unspecified atom stereocenters. The third-order valence-electron chi connectivity index (χ3n) is 6.03. The second kappa shape index (κ2) is 9.94. The van der Waals surface area contributed by atoms with Crippen molar-refractivity contribution in [2.45, 2.75) is 24.5 Å². The van der Waals surface area contributed by atoms with Crippen molar-refractivity contribution in [3.05, 3.63) is 83.4 Å². The van der Waals surface area contributed by atoms with Gasteiger partial charge in [-0.25, -0.2) is 4.79 Å². The molecule has 3 aromatic rings. The largest absolute Gasteiger partial charge is 0.497 e. The highest BCUT2D eigenvalue weighted by molar-refractivity contribution is 5.79. The Morgan fingerprint density at radius 1 is 1.03 bits per heavy atom. The van der Waals surface area contributed by atoms with Gasteiger partial charge >= 0.3 is 6.09 Å². The van der Waals surface area contributed by atoms with E-state index in [1.54, 1.807) is 18.2 Å². The Morgan fingerprint density at radius 2 is 1.67 bits per heavy atom. The van der Waals surface area contributed by atoms with Crippen LogP contribution in [0.5, 0.6) is 5.75 Å². The standard InChI is InChI=1S/C26H28N2O5/c1-32-16-10-11-23(27)21(14-16)25(30)24(29)12-13-28-26(31)33-15-22-19-8-4-2-6-17(19)18-7-3-5-9-20(18)22/h2-11,14,22,24-25,29-30H,12-13,15,27H2,1H3,(H,28,31). The Bertz CT molecular complexity index is 1090. The summed E-state index contributed by atoms with van der Waals surface area (Å²) in [6, 6.07) is 21.1. The van der Waals surface area contributed by atoms with Crippen LogP contribution in [0.4, 0.5) is 10.5 Å². The Kier molecular flexibility index (Phi) is 6.82. The number of hydrogen-bond acceptors (Lipinski definition) is 6. The van der Waals surface area contributed by atoms with Gasteiger partial charge in [-0.3, -0.25) is 0 Å². The fourth-order valence-electron chi connectivity index (χ4n) is 4.27. The number of aliphatic hydroxyl groups is 2. The van der Waals surface area contributed by atoms with Gasteiger partial charge < -0.3 is 30.7 Å². The first-order chi connectivity index (χ1) is 16.0. The van der Waals surface area contributed by atoms with Crippen molar-refractivity contribution >= 4 is 11.8 Å². The zero-order chi connectivity index (χ0) is 23.4. The Labute approximate surface area is 192 Å². The average Bonchev–Trinajstić information content (AvgIpc) is 3.16. The molecule has 0 aliphatic heterocycles. The molecule has 1 amide bonds. The van der Waals surface area contributed by atoms with E-state index in [2.05, 4.69) is 29.6 Å². The van der Waals surface area contributed by atoms with E-state index in [4.69, 9.17) is 15.2 Å². The molecule has 0 spiro atoms. The third kappa shape index (κ3) is 4.79. The summed E-state index contributed by atoms with van der Waals surface area (Å²) in [5, 5.41) is 23.5. The Morgan fingerprint density at radius 3 is 2.30 bits per heavy atom. The summed E-state index contributed by atoms with van der Waals surface area (Å²) in [7, 11) is 1.51. The molecular weight excluding hydrogens is 420 g/mol. The molecule has 2 atom stereocenters. The summed E-state index contributed by atoms with van der Waals surface area (Å²) >= 11 is 0. The fourth-order valence-corrected chi connectivity index (χ4v) is 4.27. The second-order valence-corrected chi connectivity index (χ2v) is 8.05. The van der Waals surface area contributed by atoms with Gasteiger partial charge in [0.25, 0.3) is 0 Å². The third-order valence-corrected chi connectivity index (χ3v) is 6.03. The minimum absolute atomic E-state index is 0.0217. The molecule has 5 N–H and O–H groups in total. The van der Waals surface area contributed by atoms with Gasteiger partial charge in [-0.1, -0.05) is 48.5 Å². The number of ether oxygens (including phenoxy) is 2. The number of nitrogens with two attached hydrogens (primary N) is 1. The number of carbonyl (C=O) groups excluding carboxylic acids is 1. The number of fused-ring (bicyclic) bond motifs is 3. The summed E-state index contributed by atoms with van der Waals surface area (Å²) in [5.41, 5.74) is 11.2. The molecule has 0 fully saturated rings. The Balaban J connectivity index is 1.29. The lowest BCUT2D eigenvalue weighted by Crippen LogP contribution is -2.30. The number of amides is 1. The maximum absolute atomic E-state index is 12.3. The smallest absolute Gasteiger partial charge is 0.407 e. The molecule has 0 saturated carbocycles. The van der Waals surface area contributed by atoms with E-state index in [1.165, 1.54) is 7.11 Å². The molecular formula is C26H28N2O5. The SMILES string of the molecule is COc1ccc(N)c(C(O)C(O)CCNC(=O)OCC2c3ccccc3-c3ccccc32)c1. The molecule has 33 heavy (non-hydrogen) atoms. The lowest BCUT2D eigenvalue weighted by Gasteiger charge is -2.20. The lowest BCUT2D eigenvalue weighted by atomic mass is 9.98. The second-order valence-electron chi connectivity index (χ2n) is 8.05. The van der Waals surface area contributed by atoms with E-state index in [0.29, 0.717) is 17.0 Å². The summed E-state index contributed by atoms with van der Waals surface area (Å²) in [6.45, 7) is 0.351. The zero-order valence-corrected chi connectivity index (χ0v) is 18.4. The van der Waals surface area contributed by atoms with Gasteiger partial charge in [0, 0.05) is 23.7 Å². The number of aliphatic hydroxyl groups excluding tert-OH is 2. The first-order valence-electron chi connectivity index (χ1n) is 10.9. The van der Waals surface area contributed by atoms with Crippen molar-refractivity contribution in [3.63, 3.8) is 0 Å². The van der Waals surface area contributed by atoms with E-state index in [0.717, 1.165) is 22.3 Å². The van der Waals surface area contributed by atoms with Gasteiger partial charge in [0.15, 0.2) is 0 Å². The highest BCUT2D eigenvalue weighted by Gasteiger charge is 2.29. The van der Waals surface area contributed by atoms with E-state index < -0.39 is 18.3 Å². The van der Waals surface area contributed by atoms with E-state index >= 15 is 0 Å². The fraction of sp³-hybridized carbons (Fsp3) is 0.269. The molecule has 172 valence electrons. The number of hydrogen-bond donors (Lipinski definition) is 4. The van der Waals surface area contributed by atoms with Gasteiger partial charge in [-0.15, -0.1) is 0 Å². The van der Waals surface area contributed by atoms with Crippen molar-refractivity contribution in [1.29, 1.82) is 0 Å². The molecule has 0 saturated heterocycles. The molecule has 0 heterocycles. The first kappa shape index (κ1) is 22.6. The van der Waals surface area contributed by atoms with Crippen LogP contribution in [-0.4, -0.2) is 42.7 Å². The number of nitrogens with one attached hydrogen (secondary N) is 1. The molecule has 0 aromatic heterocycles. The summed E-state index contributed by atoms with van der Waals surface area (Å²) in [4.78, 5) is 12.3. The molecule has 1 aliphatic rings. The number of carbonyl (C=O) groups is 1. The monoisotopic (exact) mass is 448 g/mol. The van der Waals surface area contributed by atoms with Gasteiger partial charge in [0.1, 0.15) is 18.5 Å². The maximum Gasteiger partial charge on any atom is 0.407 e. The highest BCUT2D eigenvalue weighted by Crippen LogP contribution is 2.44. The zero-order valence-electron chi connectivity index (χ0n) is 18.4. The molecule has 1 aliphatic carbocycles. The first-order valence-corrected chi connectivity index (χ1v) is 10.9. The van der Waals surface area contributed by atoms with Gasteiger partial charge in [-0.05, 0) is 46.9 Å². The normalized spacial score (nSPS) is 14.2. The molecule has 0 bridgehead atoms. The predicted octanol–water partition coefficient (Wildman–Crippen LogP) is 3.60. The molecule has 4 rings (SSSR count). The van der Waals surface area contributed by atoms with Gasteiger partial charge in [-0.2, -0.15) is 0 Å². The number of alkyl carbamates (subject to hydrolysis) is 1. The minimum Gasteiger partial charge on any atom is -0.497 e.